The molecule has 1 aliphatic carbocycles. The first-order chi connectivity index (χ1) is 17.5. The van der Waals surface area contributed by atoms with Crippen molar-refractivity contribution in [3.63, 3.8) is 0 Å². The minimum Gasteiger partial charge on any atom is -0.508 e. The van der Waals surface area contributed by atoms with Crippen molar-refractivity contribution in [2.45, 2.75) is 6.54 Å². The first-order valence-corrected chi connectivity index (χ1v) is 11.4. The molecule has 3 aromatic rings. The van der Waals surface area contributed by atoms with Gasteiger partial charge < -0.3 is 25.3 Å². The van der Waals surface area contributed by atoms with Crippen molar-refractivity contribution >= 4 is 22.6 Å². The van der Waals surface area contributed by atoms with Crippen LogP contribution in [0.3, 0.4) is 0 Å². The Hall–Kier alpha value is -4.69. The van der Waals surface area contributed by atoms with E-state index in [1.54, 1.807) is 36.5 Å². The van der Waals surface area contributed by atoms with E-state index in [4.69, 9.17) is 4.42 Å². The summed E-state index contributed by atoms with van der Waals surface area (Å²) in [7, 11) is 0. The Morgan fingerprint density at radius 3 is 2.64 bits per heavy atom. The van der Waals surface area contributed by atoms with Gasteiger partial charge in [-0.05, 0) is 60.2 Å². The van der Waals surface area contributed by atoms with Crippen LogP contribution in [0.25, 0.3) is 33.4 Å². The van der Waals surface area contributed by atoms with E-state index in [1.165, 1.54) is 24.3 Å². The number of pyridine rings is 1. The zero-order valence-corrected chi connectivity index (χ0v) is 19.2. The molecule has 180 valence electrons. The normalized spacial score (nSPS) is 11.1. The van der Waals surface area contributed by atoms with E-state index in [9.17, 15) is 19.8 Å². The largest absolute Gasteiger partial charge is 0.508 e. The predicted octanol–water partition coefficient (Wildman–Crippen LogP) is 4.57. The van der Waals surface area contributed by atoms with Crippen molar-refractivity contribution in [2.75, 3.05) is 18.4 Å². The number of carboxylic acid groups (broad SMARTS) is 1. The molecule has 0 bridgehead atoms. The summed E-state index contributed by atoms with van der Waals surface area (Å²) in [5.41, 5.74) is 3.61. The highest BCUT2D eigenvalue weighted by molar-refractivity contribution is 6.08. The minimum atomic E-state index is -1.07. The lowest BCUT2D eigenvalue weighted by atomic mass is 9.90. The molecule has 0 saturated carbocycles. The molecular weight excluding hydrogens is 458 g/mol. The van der Waals surface area contributed by atoms with Crippen LogP contribution in [0.15, 0.2) is 88.2 Å². The quantitative estimate of drug-likeness (QED) is 0.188. The number of phenolic OH excluding ortho intramolecular Hbond substituents is 1. The summed E-state index contributed by atoms with van der Waals surface area (Å²) in [5, 5.41) is 27.2. The maximum Gasteiger partial charge on any atom is 0.336 e. The minimum absolute atomic E-state index is 0.00176. The first kappa shape index (κ1) is 23.1. The summed E-state index contributed by atoms with van der Waals surface area (Å²) in [6, 6.07) is 19.9. The number of carboxylic acids is 1. The average Bonchev–Trinajstić information content (AvgIpc) is 2.87. The molecule has 8 nitrogen and oxygen atoms in total. The lowest BCUT2D eigenvalue weighted by molar-refractivity contribution is 0.0697. The Morgan fingerprint density at radius 1 is 0.944 bits per heavy atom. The second kappa shape index (κ2) is 9.89. The molecule has 0 amide bonds. The van der Waals surface area contributed by atoms with Gasteiger partial charge in [-0.1, -0.05) is 6.07 Å². The maximum absolute atomic E-state index is 12.2. The summed E-state index contributed by atoms with van der Waals surface area (Å²) < 4.78 is 5.89. The lowest BCUT2D eigenvalue weighted by Crippen LogP contribution is -2.22. The number of nitrogens with zero attached hydrogens (tertiary/aromatic N) is 1. The molecule has 2 aromatic carbocycles. The number of fused-ring (bicyclic) bond motifs is 2. The van der Waals surface area contributed by atoms with E-state index < -0.39 is 5.97 Å². The van der Waals surface area contributed by atoms with Crippen LogP contribution in [0.2, 0.25) is 0 Å². The fourth-order valence-corrected chi connectivity index (χ4v) is 4.21. The van der Waals surface area contributed by atoms with Gasteiger partial charge in [0.2, 0.25) is 0 Å². The monoisotopic (exact) mass is 481 g/mol. The summed E-state index contributed by atoms with van der Waals surface area (Å²) in [6.45, 7) is 1.93. The molecule has 1 aliphatic heterocycles. The molecule has 0 saturated heterocycles. The van der Waals surface area contributed by atoms with Crippen LogP contribution >= 0.6 is 0 Å². The third kappa shape index (κ3) is 4.75. The van der Waals surface area contributed by atoms with E-state index in [1.807, 2.05) is 18.2 Å². The van der Waals surface area contributed by atoms with Crippen molar-refractivity contribution in [1.29, 1.82) is 0 Å². The van der Waals surface area contributed by atoms with Gasteiger partial charge in [-0.15, -0.1) is 0 Å². The lowest BCUT2D eigenvalue weighted by Gasteiger charge is -2.18. The van der Waals surface area contributed by atoms with Gasteiger partial charge in [-0.2, -0.15) is 0 Å². The molecule has 0 radical (unpaired) electrons. The van der Waals surface area contributed by atoms with E-state index in [2.05, 4.69) is 15.6 Å². The van der Waals surface area contributed by atoms with Crippen molar-refractivity contribution in [2.24, 2.45) is 0 Å². The highest BCUT2D eigenvalue weighted by Crippen LogP contribution is 2.42. The average molecular weight is 482 g/mol. The molecule has 5 rings (SSSR count). The van der Waals surface area contributed by atoms with Crippen LogP contribution in [0.4, 0.5) is 5.69 Å². The van der Waals surface area contributed by atoms with Crippen LogP contribution in [0, 0.1) is 0 Å². The van der Waals surface area contributed by atoms with Crippen LogP contribution in [0.5, 0.6) is 5.75 Å². The number of carbonyl (C=O) groups is 1. The number of benzene rings is 3. The number of aromatic carboxylic acids is 1. The second-order valence-corrected chi connectivity index (χ2v) is 8.31. The Kier molecular flexibility index (Phi) is 6.34. The summed E-state index contributed by atoms with van der Waals surface area (Å²) >= 11 is 0. The molecule has 0 spiro atoms. The highest BCUT2D eigenvalue weighted by atomic mass is 16.4. The van der Waals surface area contributed by atoms with Crippen LogP contribution in [0.1, 0.15) is 16.1 Å². The molecule has 0 unspecified atom stereocenters. The van der Waals surface area contributed by atoms with E-state index in [0.717, 1.165) is 11.4 Å². The van der Waals surface area contributed by atoms with Gasteiger partial charge in [0, 0.05) is 60.2 Å². The van der Waals surface area contributed by atoms with Crippen LogP contribution in [-0.2, 0) is 6.54 Å². The number of anilines is 1. The molecule has 0 atom stereocenters. The van der Waals surface area contributed by atoms with Crippen molar-refractivity contribution < 1.29 is 19.4 Å². The van der Waals surface area contributed by atoms with Gasteiger partial charge in [-0.25, -0.2) is 4.79 Å². The Bertz CT molecular complexity index is 1580. The maximum atomic E-state index is 12.2. The van der Waals surface area contributed by atoms with Crippen LogP contribution in [-0.4, -0.2) is 34.3 Å². The molecule has 2 aliphatic rings. The molecule has 0 fully saturated rings. The predicted molar refractivity (Wildman–Crippen MR) is 138 cm³/mol. The number of nitrogens with one attached hydrogen (secondary N) is 2. The van der Waals surface area contributed by atoms with E-state index in [0.29, 0.717) is 53.1 Å². The second-order valence-electron chi connectivity index (χ2n) is 8.31. The Balaban J connectivity index is 1.51. The smallest absolute Gasteiger partial charge is 0.336 e. The SMILES string of the molecule is O=C(O)c1ccc(NCCNCc2ccccn2)cc1-c1c2ccc(=O)cc-2oc2cc(O)ccc12. The molecule has 8 heteroatoms. The highest BCUT2D eigenvalue weighted by Gasteiger charge is 2.22. The van der Waals surface area contributed by atoms with E-state index in [-0.39, 0.29) is 16.7 Å². The number of aromatic hydroxyl groups is 1. The number of hydrogen-bond donors (Lipinski definition) is 4. The van der Waals surface area contributed by atoms with Gasteiger partial charge in [-0.3, -0.25) is 9.78 Å². The zero-order chi connectivity index (χ0) is 25.1. The standard InChI is InChI=1S/C28H23N3O5/c32-19-5-8-22-25(14-19)36-26-15-20(33)6-9-23(26)27(22)24-13-17(4-7-21(24)28(34)35)31-12-11-29-16-18-3-1-2-10-30-18/h1-10,13-15,29,31-32H,11-12,16H2,(H,34,35). The molecule has 1 aromatic heterocycles. The van der Waals surface area contributed by atoms with E-state index >= 15 is 0 Å². The number of hydrogen-bond acceptors (Lipinski definition) is 7. The number of aromatic nitrogens is 1. The third-order valence-corrected chi connectivity index (χ3v) is 5.86. The first-order valence-electron chi connectivity index (χ1n) is 11.4. The summed E-state index contributed by atoms with van der Waals surface area (Å²) in [5.74, 6) is -0.763. The van der Waals surface area contributed by atoms with Crippen molar-refractivity contribution in [1.82, 2.24) is 10.3 Å². The van der Waals surface area contributed by atoms with Gasteiger partial charge in [0.05, 0.1) is 11.3 Å². The zero-order valence-electron chi connectivity index (χ0n) is 19.2. The van der Waals surface area contributed by atoms with Crippen LogP contribution < -0.4 is 16.1 Å². The molecule has 4 N–H and O–H groups in total. The van der Waals surface area contributed by atoms with Gasteiger partial charge in [0.25, 0.3) is 0 Å². The van der Waals surface area contributed by atoms with Gasteiger partial charge in [0.15, 0.2) is 5.43 Å². The van der Waals surface area contributed by atoms with Gasteiger partial charge in [0.1, 0.15) is 17.1 Å². The van der Waals surface area contributed by atoms with Crippen molar-refractivity contribution in [3.8, 4) is 28.2 Å². The Labute approximate surface area is 206 Å². The number of phenols is 1. The number of rotatable bonds is 8. The fourth-order valence-electron chi connectivity index (χ4n) is 4.21. The topological polar surface area (TPSA) is 125 Å². The van der Waals surface area contributed by atoms with Gasteiger partial charge >= 0.3 is 5.97 Å². The summed E-state index contributed by atoms with van der Waals surface area (Å²) in [4.78, 5) is 28.5. The molecule has 2 heterocycles. The molecular formula is C28H23N3O5. The fraction of sp³-hybridized carbons (Fsp3) is 0.107. The Morgan fingerprint density at radius 2 is 1.83 bits per heavy atom. The third-order valence-electron chi connectivity index (χ3n) is 5.86. The molecule has 36 heavy (non-hydrogen) atoms. The summed E-state index contributed by atoms with van der Waals surface area (Å²) in [6.07, 6.45) is 1.75. The van der Waals surface area contributed by atoms with Crippen molar-refractivity contribution in [3.05, 3.63) is 100 Å².